The third-order valence-electron chi connectivity index (χ3n) is 3.57. The van der Waals surface area contributed by atoms with Crippen molar-refractivity contribution in [1.82, 2.24) is 15.0 Å². The zero-order chi connectivity index (χ0) is 16.0. The minimum absolute atomic E-state index is 0.336. The average molecular weight is 319 g/mol. The first-order chi connectivity index (χ1) is 10.4. The fourth-order valence-electron chi connectivity index (χ4n) is 2.53. The van der Waals surface area contributed by atoms with Gasteiger partial charge in [-0.25, -0.2) is 14.4 Å². The van der Waals surface area contributed by atoms with Crippen LogP contribution in [0.3, 0.4) is 0 Å². The van der Waals surface area contributed by atoms with Gasteiger partial charge in [-0.15, -0.1) is 0 Å². The van der Waals surface area contributed by atoms with Gasteiger partial charge in [-0.1, -0.05) is 11.6 Å². The van der Waals surface area contributed by atoms with Gasteiger partial charge in [0.05, 0.1) is 22.0 Å². The molecule has 114 valence electrons. The second-order valence-corrected chi connectivity index (χ2v) is 5.91. The van der Waals surface area contributed by atoms with Gasteiger partial charge >= 0.3 is 0 Å². The van der Waals surface area contributed by atoms with Crippen LogP contribution < -0.4 is 4.90 Å². The number of nitrogens with zero attached hydrogens (tertiary/aromatic N) is 3. The maximum absolute atomic E-state index is 14.8. The molecule has 4 nitrogen and oxygen atoms in total. The van der Waals surface area contributed by atoms with Crippen molar-refractivity contribution in [3.8, 4) is 11.4 Å². The van der Waals surface area contributed by atoms with Crippen molar-refractivity contribution in [3.63, 3.8) is 0 Å². The standard InChI is InChI=1S/C16H16ClFN4/c1-8-7-11-9(2)20-15(21-16(11)19-8)10-5-6-12(17)14(13(10)18)22(3)4/h5-7H,1-4H3,(H,19,20,21). The first kappa shape index (κ1) is 14.8. The Hall–Kier alpha value is -2.14. The SMILES string of the molecule is Cc1cc2c(C)nc(-c3ccc(Cl)c(N(C)C)c3F)nc2[nH]1. The molecule has 2 heterocycles. The van der Waals surface area contributed by atoms with E-state index in [9.17, 15) is 4.39 Å². The van der Waals surface area contributed by atoms with E-state index in [4.69, 9.17) is 11.6 Å². The summed E-state index contributed by atoms with van der Waals surface area (Å²) in [6, 6.07) is 5.26. The van der Waals surface area contributed by atoms with E-state index in [0.717, 1.165) is 16.8 Å². The summed E-state index contributed by atoms with van der Waals surface area (Å²) in [5.74, 6) is -0.0661. The third kappa shape index (κ3) is 2.31. The lowest BCUT2D eigenvalue weighted by atomic mass is 10.1. The Labute approximate surface area is 133 Å². The summed E-state index contributed by atoms with van der Waals surface area (Å²) >= 11 is 6.08. The fraction of sp³-hybridized carbons (Fsp3) is 0.250. The predicted octanol–water partition coefficient (Wildman–Crippen LogP) is 4.10. The summed E-state index contributed by atoms with van der Waals surface area (Å²) in [5, 5.41) is 1.31. The van der Waals surface area contributed by atoms with Crippen molar-refractivity contribution < 1.29 is 4.39 Å². The number of fused-ring (bicyclic) bond motifs is 1. The molecule has 0 spiro atoms. The summed E-state index contributed by atoms with van der Waals surface area (Å²) in [5.41, 5.74) is 3.19. The average Bonchev–Trinajstić information content (AvgIpc) is 2.79. The van der Waals surface area contributed by atoms with Crippen molar-refractivity contribution in [2.75, 3.05) is 19.0 Å². The largest absolute Gasteiger partial charge is 0.374 e. The van der Waals surface area contributed by atoms with Gasteiger partial charge in [0.25, 0.3) is 0 Å². The highest BCUT2D eigenvalue weighted by Crippen LogP contribution is 2.34. The molecule has 3 rings (SSSR count). The minimum atomic E-state index is -0.417. The van der Waals surface area contributed by atoms with Gasteiger partial charge in [0.1, 0.15) is 5.65 Å². The number of aromatic nitrogens is 3. The molecule has 0 saturated heterocycles. The Morgan fingerprint density at radius 3 is 2.59 bits per heavy atom. The maximum Gasteiger partial charge on any atom is 0.164 e. The number of halogens is 2. The zero-order valence-electron chi connectivity index (χ0n) is 12.8. The predicted molar refractivity (Wildman–Crippen MR) is 88.1 cm³/mol. The molecule has 0 amide bonds. The fourth-order valence-corrected chi connectivity index (χ4v) is 2.85. The van der Waals surface area contributed by atoms with Crippen LogP contribution in [0.5, 0.6) is 0 Å². The monoisotopic (exact) mass is 318 g/mol. The molecule has 1 N–H and O–H groups in total. The van der Waals surface area contributed by atoms with Crippen molar-refractivity contribution in [2.45, 2.75) is 13.8 Å². The molecule has 1 aromatic carbocycles. The van der Waals surface area contributed by atoms with Crippen LogP contribution in [0.15, 0.2) is 18.2 Å². The van der Waals surface area contributed by atoms with Gasteiger partial charge in [0, 0.05) is 25.2 Å². The van der Waals surface area contributed by atoms with Crippen LogP contribution in [0, 0.1) is 19.7 Å². The lowest BCUT2D eigenvalue weighted by molar-refractivity contribution is 0.628. The molecule has 0 fully saturated rings. The van der Waals surface area contributed by atoms with Gasteiger partial charge in [0.15, 0.2) is 11.6 Å². The summed E-state index contributed by atoms with van der Waals surface area (Å²) in [6.45, 7) is 3.84. The summed E-state index contributed by atoms with van der Waals surface area (Å²) in [7, 11) is 3.50. The molecular formula is C16H16ClFN4. The molecule has 0 aliphatic heterocycles. The topological polar surface area (TPSA) is 44.8 Å². The lowest BCUT2D eigenvalue weighted by Gasteiger charge is -2.17. The molecule has 22 heavy (non-hydrogen) atoms. The highest BCUT2D eigenvalue weighted by atomic mass is 35.5. The van der Waals surface area contributed by atoms with Crippen LogP contribution in [-0.2, 0) is 0 Å². The van der Waals surface area contributed by atoms with Gasteiger partial charge in [-0.3, -0.25) is 0 Å². The van der Waals surface area contributed by atoms with Gasteiger partial charge in [0.2, 0.25) is 0 Å². The summed E-state index contributed by atoms with van der Waals surface area (Å²) in [4.78, 5) is 13.7. The highest BCUT2D eigenvalue weighted by molar-refractivity contribution is 6.33. The lowest BCUT2D eigenvalue weighted by Crippen LogP contribution is -2.12. The normalized spacial score (nSPS) is 11.2. The van der Waals surface area contributed by atoms with Crippen LogP contribution in [-0.4, -0.2) is 29.0 Å². The van der Waals surface area contributed by atoms with E-state index >= 15 is 0 Å². The number of aromatic amines is 1. The van der Waals surface area contributed by atoms with Crippen LogP contribution in [0.25, 0.3) is 22.4 Å². The summed E-state index contributed by atoms with van der Waals surface area (Å²) in [6.07, 6.45) is 0. The quantitative estimate of drug-likeness (QED) is 0.773. The first-order valence-corrected chi connectivity index (χ1v) is 7.26. The highest BCUT2D eigenvalue weighted by Gasteiger charge is 2.18. The maximum atomic E-state index is 14.8. The second kappa shape index (κ2) is 5.25. The Balaban J connectivity index is 2.25. The molecule has 6 heteroatoms. The van der Waals surface area contributed by atoms with E-state index in [0.29, 0.717) is 27.7 Å². The number of nitrogens with one attached hydrogen (secondary N) is 1. The van der Waals surface area contributed by atoms with Crippen LogP contribution in [0.1, 0.15) is 11.4 Å². The molecule has 0 aliphatic rings. The van der Waals surface area contributed by atoms with E-state index in [2.05, 4.69) is 15.0 Å². The van der Waals surface area contributed by atoms with Gasteiger partial charge in [-0.05, 0) is 32.0 Å². The van der Waals surface area contributed by atoms with Crippen molar-refractivity contribution in [3.05, 3.63) is 40.4 Å². The molecule has 3 aromatic rings. The van der Waals surface area contributed by atoms with E-state index < -0.39 is 5.82 Å². The molecule has 0 bridgehead atoms. The first-order valence-electron chi connectivity index (χ1n) is 6.88. The van der Waals surface area contributed by atoms with E-state index in [-0.39, 0.29) is 0 Å². The zero-order valence-corrected chi connectivity index (χ0v) is 13.6. The van der Waals surface area contributed by atoms with E-state index in [1.807, 2.05) is 19.9 Å². The van der Waals surface area contributed by atoms with E-state index in [1.54, 1.807) is 31.1 Å². The summed E-state index contributed by atoms with van der Waals surface area (Å²) < 4.78 is 14.8. The van der Waals surface area contributed by atoms with Crippen molar-refractivity contribution >= 4 is 28.3 Å². The smallest absolute Gasteiger partial charge is 0.164 e. The molecule has 0 radical (unpaired) electrons. The number of hydrogen-bond acceptors (Lipinski definition) is 3. The van der Waals surface area contributed by atoms with Crippen molar-refractivity contribution in [1.29, 1.82) is 0 Å². The van der Waals surface area contributed by atoms with Crippen LogP contribution in [0.2, 0.25) is 5.02 Å². The number of rotatable bonds is 2. The Kier molecular flexibility index (Phi) is 3.53. The molecule has 0 saturated carbocycles. The number of hydrogen-bond donors (Lipinski definition) is 1. The minimum Gasteiger partial charge on any atom is -0.374 e. The number of aryl methyl sites for hydroxylation is 2. The Morgan fingerprint density at radius 2 is 1.91 bits per heavy atom. The number of benzene rings is 1. The molecular weight excluding hydrogens is 303 g/mol. The Morgan fingerprint density at radius 1 is 1.18 bits per heavy atom. The van der Waals surface area contributed by atoms with Crippen molar-refractivity contribution in [2.24, 2.45) is 0 Å². The molecule has 2 aromatic heterocycles. The van der Waals surface area contributed by atoms with Gasteiger partial charge < -0.3 is 9.88 Å². The molecule has 0 atom stereocenters. The Bertz CT molecular complexity index is 870. The molecule has 0 unspecified atom stereocenters. The van der Waals surface area contributed by atoms with Crippen LogP contribution >= 0.6 is 11.6 Å². The van der Waals surface area contributed by atoms with Crippen LogP contribution in [0.4, 0.5) is 10.1 Å². The second-order valence-electron chi connectivity index (χ2n) is 5.50. The third-order valence-corrected chi connectivity index (χ3v) is 3.87. The number of anilines is 1. The van der Waals surface area contributed by atoms with E-state index in [1.165, 1.54) is 0 Å². The van der Waals surface area contributed by atoms with Gasteiger partial charge in [-0.2, -0.15) is 0 Å². The number of H-pyrrole nitrogens is 1. The molecule has 0 aliphatic carbocycles.